The average molecular weight is 469 g/mol. The maximum atomic E-state index is 13.1. The molecular weight excluding hydrogens is 433 g/mol. The molecule has 34 heavy (non-hydrogen) atoms. The summed E-state index contributed by atoms with van der Waals surface area (Å²) in [4.78, 5) is 27.2. The number of nitriles is 1. The third-order valence-corrected chi connectivity index (χ3v) is 5.71. The van der Waals surface area contributed by atoms with Crippen LogP contribution in [0, 0.1) is 23.7 Å². The lowest BCUT2D eigenvalue weighted by atomic mass is 9.76. The minimum absolute atomic E-state index is 0.0371. The van der Waals surface area contributed by atoms with E-state index in [-0.39, 0.29) is 36.0 Å². The van der Waals surface area contributed by atoms with Gasteiger partial charge in [0.2, 0.25) is 0 Å². The Morgan fingerprint density at radius 2 is 1.94 bits per heavy atom. The van der Waals surface area contributed by atoms with Crippen LogP contribution in [-0.2, 0) is 16.0 Å². The van der Waals surface area contributed by atoms with E-state index < -0.39 is 19.2 Å². The van der Waals surface area contributed by atoms with Gasteiger partial charge < -0.3 is 25.0 Å². The molecule has 0 radical (unpaired) electrons. The number of likely N-dealkylation sites (tertiary alicyclic amines) is 1. The number of alkyl carbamates (subject to hydrolysis) is 1. The molecule has 0 aliphatic carbocycles. The molecule has 2 amide bonds. The zero-order valence-corrected chi connectivity index (χ0v) is 20.6. The Balaban J connectivity index is 2.04. The molecule has 8 nitrogen and oxygen atoms in total. The Bertz CT molecular complexity index is 903. The smallest absolute Gasteiger partial charge is 0.447 e. The summed E-state index contributed by atoms with van der Waals surface area (Å²) < 4.78 is 5.40. The highest BCUT2D eigenvalue weighted by molar-refractivity contribution is 6.43. The fourth-order valence-electron chi connectivity index (χ4n) is 3.92. The fourth-order valence-corrected chi connectivity index (χ4v) is 3.92. The number of nitrogens with zero attached hydrogens (tertiary/aromatic N) is 2. The number of nitrogens with one attached hydrogen (secondary N) is 1. The second-order valence-electron chi connectivity index (χ2n) is 9.99. The van der Waals surface area contributed by atoms with Crippen molar-refractivity contribution in [2.24, 2.45) is 5.41 Å². The summed E-state index contributed by atoms with van der Waals surface area (Å²) in [6.07, 6.45) is 4.42. The van der Waals surface area contributed by atoms with E-state index in [2.05, 4.69) is 5.32 Å². The van der Waals surface area contributed by atoms with Crippen molar-refractivity contribution in [3.05, 3.63) is 47.0 Å². The van der Waals surface area contributed by atoms with E-state index in [4.69, 9.17) is 4.74 Å². The van der Waals surface area contributed by atoms with Crippen LogP contribution in [0.2, 0.25) is 0 Å². The van der Waals surface area contributed by atoms with Crippen molar-refractivity contribution in [1.29, 1.82) is 5.26 Å². The number of rotatable bonds is 7. The van der Waals surface area contributed by atoms with Crippen molar-refractivity contribution >= 4 is 19.1 Å². The molecule has 9 heteroatoms. The van der Waals surface area contributed by atoms with Gasteiger partial charge in [0.05, 0.1) is 12.0 Å². The van der Waals surface area contributed by atoms with E-state index in [0.29, 0.717) is 13.0 Å². The molecule has 2 rings (SSSR count). The van der Waals surface area contributed by atoms with Gasteiger partial charge in [-0.05, 0) is 37.2 Å². The van der Waals surface area contributed by atoms with Gasteiger partial charge in [0.25, 0.3) is 5.91 Å². The molecule has 0 aromatic heterocycles. The summed E-state index contributed by atoms with van der Waals surface area (Å²) >= 11 is 0. The molecule has 1 fully saturated rings. The molecule has 3 N–H and O–H groups in total. The molecule has 0 saturated carbocycles. The Morgan fingerprint density at radius 3 is 2.53 bits per heavy atom. The van der Waals surface area contributed by atoms with E-state index in [1.807, 2.05) is 58.0 Å². The molecular formula is C25H36BN3O5. The number of aryl methyl sites for hydroxylation is 1. The van der Waals surface area contributed by atoms with Crippen LogP contribution in [-0.4, -0.2) is 59.2 Å². The van der Waals surface area contributed by atoms with Crippen LogP contribution in [0.15, 0.2) is 35.9 Å². The number of ether oxygens (including phenoxy) is 1. The van der Waals surface area contributed by atoms with Crippen molar-refractivity contribution in [3.63, 3.8) is 0 Å². The lowest BCUT2D eigenvalue weighted by Crippen LogP contribution is -2.49. The maximum absolute atomic E-state index is 13.1. The summed E-state index contributed by atoms with van der Waals surface area (Å²) in [6.45, 7) is 8.18. The van der Waals surface area contributed by atoms with Gasteiger partial charge in [0, 0.05) is 6.54 Å². The Hall–Kier alpha value is -2.83. The third kappa shape index (κ3) is 8.84. The minimum atomic E-state index is -1.76. The Morgan fingerprint density at radius 1 is 1.26 bits per heavy atom. The first-order valence-electron chi connectivity index (χ1n) is 11.8. The molecule has 1 saturated heterocycles. The van der Waals surface area contributed by atoms with Gasteiger partial charge >= 0.3 is 13.2 Å². The van der Waals surface area contributed by atoms with Crippen LogP contribution in [0.5, 0.6) is 0 Å². The quantitative estimate of drug-likeness (QED) is 0.321. The van der Waals surface area contributed by atoms with E-state index in [9.17, 15) is 24.9 Å². The van der Waals surface area contributed by atoms with Gasteiger partial charge in [-0.25, -0.2) is 4.79 Å². The van der Waals surface area contributed by atoms with E-state index in [1.54, 1.807) is 11.0 Å². The van der Waals surface area contributed by atoms with Crippen LogP contribution in [0.1, 0.15) is 57.6 Å². The summed E-state index contributed by atoms with van der Waals surface area (Å²) in [5, 5.41) is 31.5. The highest BCUT2D eigenvalue weighted by atomic mass is 16.5. The number of hydrogen-bond donors (Lipinski definition) is 3. The largest absolute Gasteiger partial charge is 0.475 e. The van der Waals surface area contributed by atoms with E-state index in [1.165, 1.54) is 0 Å². The van der Waals surface area contributed by atoms with Crippen molar-refractivity contribution in [3.8, 4) is 6.07 Å². The molecule has 2 atom stereocenters. The highest BCUT2D eigenvalue weighted by Crippen LogP contribution is 2.23. The van der Waals surface area contributed by atoms with Crippen molar-refractivity contribution < 1.29 is 24.4 Å². The highest BCUT2D eigenvalue weighted by Gasteiger charge is 2.31. The zero-order chi connectivity index (χ0) is 25.3. The molecule has 1 aromatic rings. The summed E-state index contributed by atoms with van der Waals surface area (Å²) in [7, 11) is -1.76. The lowest BCUT2D eigenvalue weighted by molar-refractivity contribution is -0.129. The van der Waals surface area contributed by atoms with Gasteiger partial charge in [-0.15, -0.1) is 0 Å². The number of carbonyl (C=O) groups is 2. The van der Waals surface area contributed by atoms with Gasteiger partial charge in [0.15, 0.2) is 0 Å². The minimum Gasteiger partial charge on any atom is -0.447 e. The first kappa shape index (κ1) is 27.4. The Kier molecular flexibility index (Phi) is 10.1. The van der Waals surface area contributed by atoms with Gasteiger partial charge in [-0.2, -0.15) is 5.26 Å². The van der Waals surface area contributed by atoms with Crippen molar-refractivity contribution in [2.75, 3.05) is 13.2 Å². The first-order valence-corrected chi connectivity index (χ1v) is 11.8. The van der Waals surface area contributed by atoms with Crippen LogP contribution in [0.3, 0.4) is 0 Å². The number of allylic oxidation sites excluding steroid dienone is 1. The van der Waals surface area contributed by atoms with Crippen LogP contribution in [0.25, 0.3) is 0 Å². The third-order valence-electron chi connectivity index (χ3n) is 5.71. The molecule has 1 aliphatic heterocycles. The topological polar surface area (TPSA) is 123 Å². The molecule has 1 heterocycles. The number of benzene rings is 1. The second kappa shape index (κ2) is 12.6. The maximum Gasteiger partial charge on any atom is 0.475 e. The molecule has 184 valence electrons. The van der Waals surface area contributed by atoms with Gasteiger partial charge in [0.1, 0.15) is 18.2 Å². The Labute approximate surface area is 202 Å². The molecule has 0 spiro atoms. The average Bonchev–Trinajstić information content (AvgIpc) is 3.01. The van der Waals surface area contributed by atoms with Crippen LogP contribution in [0.4, 0.5) is 4.79 Å². The monoisotopic (exact) mass is 469 g/mol. The standard InChI is InChI=1S/C25H36BN3O5/c1-18-9-11-19(12-10-18)14-22(26(32)33)28-24(31)34-17-21-8-6-5-7-13-29(21)23(30)20(16-27)15-25(2,3)4/h9-12,15,21-22,32-33H,5-8,13-14,17H2,1-4H3,(H,28,31)/t21?,22-/m0/s1. The SMILES string of the molecule is Cc1ccc(C[C@H](NC(=O)OCC2CCCCCN2C(=O)C(C#N)=CC(C)(C)C)B(O)O)cc1. The molecule has 1 aromatic carbocycles. The van der Waals surface area contributed by atoms with Gasteiger partial charge in [-0.1, -0.05) is 69.5 Å². The van der Waals surface area contributed by atoms with Crippen molar-refractivity contribution in [2.45, 2.75) is 71.8 Å². The predicted molar refractivity (Wildman–Crippen MR) is 130 cm³/mol. The van der Waals surface area contributed by atoms with Crippen molar-refractivity contribution in [1.82, 2.24) is 10.2 Å². The second-order valence-corrected chi connectivity index (χ2v) is 9.99. The van der Waals surface area contributed by atoms with Crippen LogP contribution >= 0.6 is 0 Å². The first-order chi connectivity index (χ1) is 16.0. The zero-order valence-electron chi connectivity index (χ0n) is 20.6. The number of carbonyl (C=O) groups excluding carboxylic acids is 2. The molecule has 1 unspecified atom stereocenters. The van der Waals surface area contributed by atoms with Gasteiger partial charge in [-0.3, -0.25) is 4.79 Å². The summed E-state index contributed by atoms with van der Waals surface area (Å²) in [5.41, 5.74) is 1.69. The number of hydrogen-bond acceptors (Lipinski definition) is 6. The fraction of sp³-hybridized carbons (Fsp3) is 0.560. The number of amides is 2. The lowest BCUT2D eigenvalue weighted by Gasteiger charge is -2.30. The van der Waals surface area contributed by atoms with E-state index in [0.717, 1.165) is 30.4 Å². The normalized spacial score (nSPS) is 17.9. The summed E-state index contributed by atoms with van der Waals surface area (Å²) in [6, 6.07) is 9.22. The molecule has 0 bridgehead atoms. The predicted octanol–water partition coefficient (Wildman–Crippen LogP) is 2.91. The summed E-state index contributed by atoms with van der Waals surface area (Å²) in [5.74, 6) is -1.29. The van der Waals surface area contributed by atoms with E-state index >= 15 is 0 Å². The molecule has 1 aliphatic rings. The van der Waals surface area contributed by atoms with Crippen LogP contribution < -0.4 is 5.32 Å².